The maximum Gasteiger partial charge on any atom is 0.307 e. The van der Waals surface area contributed by atoms with Gasteiger partial charge in [0.1, 0.15) is 0 Å². The molecule has 0 spiro atoms. The van der Waals surface area contributed by atoms with E-state index in [1.54, 1.807) is 30.3 Å². The SMILES string of the molecule is O=C(CC12C[C@@H]3C[C@@H](CC(Br)(C3)C1)C2)O[C@H](C(=O)Nc1cc(Cl)cc(Cl)c1)c1ccccc1. The molecular formula is C26H26BrCl2NO3. The number of halogens is 3. The van der Waals surface area contributed by atoms with Crippen LogP contribution in [0.5, 0.6) is 0 Å². The first kappa shape index (κ1) is 23.2. The second kappa shape index (κ2) is 8.90. The number of benzene rings is 2. The summed E-state index contributed by atoms with van der Waals surface area (Å²) in [7, 11) is 0. The molecule has 33 heavy (non-hydrogen) atoms. The molecule has 2 aromatic rings. The van der Waals surface area contributed by atoms with E-state index in [-0.39, 0.29) is 15.7 Å². The molecule has 1 N–H and O–H groups in total. The van der Waals surface area contributed by atoms with Crippen molar-refractivity contribution >= 4 is 56.7 Å². The van der Waals surface area contributed by atoms with E-state index in [2.05, 4.69) is 21.2 Å². The normalized spacial score (nSPS) is 30.6. The molecule has 0 radical (unpaired) electrons. The lowest BCUT2D eigenvalue weighted by molar-refractivity contribution is -0.160. The molecule has 4 aliphatic rings. The number of esters is 1. The number of anilines is 1. The van der Waals surface area contributed by atoms with Crippen molar-refractivity contribution in [1.29, 1.82) is 0 Å². The largest absolute Gasteiger partial charge is 0.447 e. The number of alkyl halides is 1. The molecule has 0 aliphatic heterocycles. The highest BCUT2D eigenvalue weighted by atomic mass is 79.9. The van der Waals surface area contributed by atoms with Crippen LogP contribution in [0.4, 0.5) is 5.69 Å². The highest BCUT2D eigenvalue weighted by molar-refractivity contribution is 9.10. The number of hydrogen-bond donors (Lipinski definition) is 1. The van der Waals surface area contributed by atoms with Crippen LogP contribution in [0, 0.1) is 17.3 Å². The van der Waals surface area contributed by atoms with Crippen LogP contribution < -0.4 is 5.32 Å². The average Bonchev–Trinajstić information content (AvgIpc) is 2.69. The van der Waals surface area contributed by atoms with Gasteiger partial charge >= 0.3 is 5.97 Å². The molecule has 6 rings (SSSR count). The molecule has 4 nitrogen and oxygen atoms in total. The van der Waals surface area contributed by atoms with Crippen molar-refractivity contribution in [2.75, 3.05) is 5.32 Å². The lowest BCUT2D eigenvalue weighted by Gasteiger charge is -2.60. The second-order valence-corrected chi connectivity index (χ2v) is 12.8. The Balaban J connectivity index is 1.33. The van der Waals surface area contributed by atoms with Crippen LogP contribution in [-0.2, 0) is 14.3 Å². The molecule has 4 fully saturated rings. The first-order valence-corrected chi connectivity index (χ1v) is 13.0. The molecule has 5 atom stereocenters. The van der Waals surface area contributed by atoms with Gasteiger partial charge in [0, 0.05) is 25.6 Å². The molecule has 4 saturated carbocycles. The van der Waals surface area contributed by atoms with Gasteiger partial charge in [0.2, 0.25) is 6.10 Å². The molecule has 1 amide bonds. The highest BCUT2D eigenvalue weighted by Gasteiger charge is 2.57. The minimum atomic E-state index is -1.05. The van der Waals surface area contributed by atoms with Crippen LogP contribution in [0.3, 0.4) is 0 Å². The number of nitrogens with one attached hydrogen (secondary N) is 1. The Morgan fingerprint density at radius 2 is 1.67 bits per heavy atom. The quantitative estimate of drug-likeness (QED) is 0.302. The number of hydrogen-bond acceptors (Lipinski definition) is 3. The lowest BCUT2D eigenvalue weighted by Crippen LogP contribution is -2.53. The van der Waals surface area contributed by atoms with Gasteiger partial charge in [-0.1, -0.05) is 69.5 Å². The van der Waals surface area contributed by atoms with Crippen LogP contribution in [0.2, 0.25) is 10.0 Å². The number of carbonyl (C=O) groups is 2. The third-order valence-corrected chi connectivity index (χ3v) is 8.71. The van der Waals surface area contributed by atoms with Gasteiger partial charge in [0.15, 0.2) is 0 Å². The van der Waals surface area contributed by atoms with Crippen molar-refractivity contribution in [2.24, 2.45) is 17.3 Å². The summed E-state index contributed by atoms with van der Waals surface area (Å²) in [5.74, 6) is 0.606. The van der Waals surface area contributed by atoms with E-state index in [4.69, 9.17) is 27.9 Å². The van der Waals surface area contributed by atoms with E-state index >= 15 is 0 Å². The van der Waals surface area contributed by atoms with E-state index in [1.165, 1.54) is 19.3 Å². The van der Waals surface area contributed by atoms with Gasteiger partial charge < -0.3 is 10.1 Å². The number of ether oxygens (including phenoxy) is 1. The molecule has 4 bridgehead atoms. The van der Waals surface area contributed by atoms with Crippen LogP contribution in [0.15, 0.2) is 48.5 Å². The predicted octanol–water partition coefficient (Wildman–Crippen LogP) is 7.34. The fourth-order valence-electron chi connectivity index (χ4n) is 6.76. The van der Waals surface area contributed by atoms with Gasteiger partial charge in [-0.25, -0.2) is 0 Å². The highest BCUT2D eigenvalue weighted by Crippen LogP contribution is 2.65. The Bertz CT molecular complexity index is 1040. The van der Waals surface area contributed by atoms with Crippen molar-refractivity contribution in [3.63, 3.8) is 0 Å². The minimum Gasteiger partial charge on any atom is -0.447 e. The molecule has 0 aromatic heterocycles. The van der Waals surface area contributed by atoms with E-state index in [9.17, 15) is 9.59 Å². The first-order valence-electron chi connectivity index (χ1n) is 11.4. The Kier molecular flexibility index (Phi) is 6.26. The predicted molar refractivity (Wildman–Crippen MR) is 134 cm³/mol. The fourth-order valence-corrected chi connectivity index (χ4v) is 8.79. The molecule has 174 valence electrons. The van der Waals surface area contributed by atoms with Crippen molar-refractivity contribution < 1.29 is 14.3 Å². The summed E-state index contributed by atoms with van der Waals surface area (Å²) in [5, 5.41) is 3.63. The zero-order chi connectivity index (χ0) is 23.2. The van der Waals surface area contributed by atoms with E-state index in [0.717, 1.165) is 19.3 Å². The average molecular weight is 551 g/mol. The van der Waals surface area contributed by atoms with Crippen molar-refractivity contribution in [2.45, 2.75) is 55.4 Å². The van der Waals surface area contributed by atoms with Crippen molar-refractivity contribution in [3.05, 3.63) is 64.1 Å². The van der Waals surface area contributed by atoms with Gasteiger partial charge in [-0.3, -0.25) is 9.59 Å². The summed E-state index contributed by atoms with van der Waals surface area (Å²) in [4.78, 5) is 26.4. The summed E-state index contributed by atoms with van der Waals surface area (Å²) in [6.45, 7) is 0. The summed E-state index contributed by atoms with van der Waals surface area (Å²) < 4.78 is 6.04. The number of carbonyl (C=O) groups excluding carboxylic acids is 2. The maximum atomic E-state index is 13.2. The molecule has 4 aliphatic carbocycles. The molecule has 2 aromatic carbocycles. The van der Waals surface area contributed by atoms with Gasteiger partial charge in [-0.2, -0.15) is 0 Å². The van der Waals surface area contributed by atoms with E-state index in [0.29, 0.717) is 39.6 Å². The summed E-state index contributed by atoms with van der Waals surface area (Å²) >= 11 is 16.2. The van der Waals surface area contributed by atoms with Crippen LogP contribution in [0.1, 0.15) is 56.6 Å². The van der Waals surface area contributed by atoms with Gasteiger partial charge in [-0.15, -0.1) is 0 Å². The molecule has 2 unspecified atom stereocenters. The summed E-state index contributed by atoms with van der Waals surface area (Å²) in [6.07, 6.45) is 6.15. The monoisotopic (exact) mass is 549 g/mol. The first-order chi connectivity index (χ1) is 15.7. The summed E-state index contributed by atoms with van der Waals surface area (Å²) in [6, 6.07) is 13.9. The number of amides is 1. The third kappa shape index (κ3) is 5.11. The Labute approximate surface area is 212 Å². The molecule has 0 saturated heterocycles. The second-order valence-electron chi connectivity index (χ2n) is 10.2. The molecule has 0 heterocycles. The van der Waals surface area contributed by atoms with Crippen LogP contribution in [0.25, 0.3) is 0 Å². The maximum absolute atomic E-state index is 13.2. The fraction of sp³-hybridized carbons (Fsp3) is 0.462. The van der Waals surface area contributed by atoms with Crippen molar-refractivity contribution in [3.8, 4) is 0 Å². The standard InChI is InChI=1S/C26H26BrCl2NO3/c27-26-12-16-6-17(13-26)11-25(10-16,15-26)14-22(31)33-23(18-4-2-1-3-5-18)24(32)30-21-8-19(28)7-20(29)9-21/h1-5,7-9,16-17,23H,6,10-15H2,(H,30,32)/t16-,17+,23-,25?,26?/m0/s1. The Hall–Kier alpha value is -1.56. The van der Waals surface area contributed by atoms with Crippen molar-refractivity contribution in [1.82, 2.24) is 0 Å². The van der Waals surface area contributed by atoms with Gasteiger partial charge in [0.05, 0.1) is 6.42 Å². The third-order valence-electron chi connectivity index (χ3n) is 7.35. The van der Waals surface area contributed by atoms with E-state index < -0.39 is 12.0 Å². The van der Waals surface area contributed by atoms with Crippen LogP contribution >= 0.6 is 39.1 Å². The minimum absolute atomic E-state index is 0.0249. The summed E-state index contributed by atoms with van der Waals surface area (Å²) in [5.41, 5.74) is 1.05. The Morgan fingerprint density at radius 1 is 1.03 bits per heavy atom. The lowest BCUT2D eigenvalue weighted by atomic mass is 9.49. The van der Waals surface area contributed by atoms with Gasteiger partial charge in [-0.05, 0) is 74.0 Å². The van der Waals surface area contributed by atoms with E-state index in [1.807, 2.05) is 18.2 Å². The smallest absolute Gasteiger partial charge is 0.307 e. The zero-order valence-electron chi connectivity index (χ0n) is 18.2. The van der Waals surface area contributed by atoms with Gasteiger partial charge in [0.25, 0.3) is 5.91 Å². The number of rotatable bonds is 6. The zero-order valence-corrected chi connectivity index (χ0v) is 21.3. The molecule has 7 heteroatoms. The molecular weight excluding hydrogens is 525 g/mol. The van der Waals surface area contributed by atoms with Crippen LogP contribution in [-0.4, -0.2) is 16.2 Å². The Morgan fingerprint density at radius 3 is 2.27 bits per heavy atom. The topological polar surface area (TPSA) is 55.4 Å².